The molecule has 8 nitrogen and oxygen atoms in total. The molecule has 3 aliphatic rings. The number of amides is 2. The lowest BCUT2D eigenvalue weighted by molar-refractivity contribution is -0.143. The van der Waals surface area contributed by atoms with Gasteiger partial charge in [-0.25, -0.2) is 8.42 Å². The van der Waals surface area contributed by atoms with Gasteiger partial charge in [0.1, 0.15) is 10.3 Å². The third kappa shape index (κ3) is 5.86. The Morgan fingerprint density at radius 1 is 1.08 bits per heavy atom. The van der Waals surface area contributed by atoms with Gasteiger partial charge in [-0.3, -0.25) is 14.5 Å². The molecule has 4 heterocycles. The minimum atomic E-state index is -3.88. The Kier molecular flexibility index (Phi) is 8.14. The number of nitrogens with zero attached hydrogens (tertiary/aromatic N) is 3. The predicted molar refractivity (Wildman–Crippen MR) is 145 cm³/mol. The summed E-state index contributed by atoms with van der Waals surface area (Å²) in [6.07, 6.45) is 3.03. The Morgan fingerprint density at radius 3 is 2.67 bits per heavy atom. The van der Waals surface area contributed by atoms with Crippen LogP contribution in [-0.4, -0.2) is 97.8 Å². The number of sulfonamides is 1. The summed E-state index contributed by atoms with van der Waals surface area (Å²) in [6.45, 7) is 4.20. The lowest BCUT2D eigenvalue weighted by Gasteiger charge is -2.35. The normalized spacial score (nSPS) is 24.1. The van der Waals surface area contributed by atoms with Gasteiger partial charge in [0.15, 0.2) is 0 Å². The number of piperidine rings is 1. The monoisotopic (exact) mass is 570 g/mol. The molecule has 0 unspecified atom stereocenters. The summed E-state index contributed by atoms with van der Waals surface area (Å²) in [5, 5.41) is 1.29. The van der Waals surface area contributed by atoms with E-state index < -0.39 is 16.1 Å². The zero-order chi connectivity index (χ0) is 25.3. The maximum Gasteiger partial charge on any atom is 0.250 e. The van der Waals surface area contributed by atoms with Crippen molar-refractivity contribution in [2.75, 3.05) is 50.8 Å². The first kappa shape index (κ1) is 26.2. The molecule has 5 rings (SSSR count). The fraction of sp³-hybridized carbons (Fsp3) is 0.583. The lowest BCUT2D eigenvalue weighted by Crippen LogP contribution is -2.55. The van der Waals surface area contributed by atoms with E-state index in [9.17, 15) is 18.0 Å². The van der Waals surface area contributed by atoms with E-state index in [0.29, 0.717) is 24.4 Å². The van der Waals surface area contributed by atoms with Crippen LogP contribution in [0.1, 0.15) is 25.7 Å². The zero-order valence-electron chi connectivity index (χ0n) is 20.0. The van der Waals surface area contributed by atoms with Crippen molar-refractivity contribution < 1.29 is 18.0 Å². The summed E-state index contributed by atoms with van der Waals surface area (Å²) in [5.41, 5.74) is 0. The van der Waals surface area contributed by atoms with E-state index in [4.69, 9.17) is 11.6 Å². The third-order valence-electron chi connectivity index (χ3n) is 7.14. The van der Waals surface area contributed by atoms with Gasteiger partial charge in [-0.1, -0.05) is 11.6 Å². The van der Waals surface area contributed by atoms with Crippen molar-refractivity contribution in [1.29, 1.82) is 0 Å². The summed E-state index contributed by atoms with van der Waals surface area (Å²) >= 11 is 9.15. The molecule has 3 fully saturated rings. The van der Waals surface area contributed by atoms with Crippen molar-refractivity contribution >= 4 is 66.6 Å². The quantitative estimate of drug-likeness (QED) is 0.551. The summed E-state index contributed by atoms with van der Waals surface area (Å²) in [4.78, 5) is 32.3. The first-order valence-corrected chi connectivity index (χ1v) is 16.2. The molecular formula is C24H31ClN4O4S3. The lowest BCUT2D eigenvalue weighted by atomic mass is 10.1. The second-order valence-corrected chi connectivity index (χ2v) is 14.3. The number of rotatable bonds is 7. The predicted octanol–water partition coefficient (Wildman–Crippen LogP) is 2.86. The number of thioether (sulfide) groups is 1. The zero-order valence-corrected chi connectivity index (χ0v) is 23.2. The molecule has 1 aromatic heterocycles. The van der Waals surface area contributed by atoms with Gasteiger partial charge < -0.3 is 9.80 Å². The third-order valence-corrected chi connectivity index (χ3v) is 11.4. The topological polar surface area (TPSA) is 90.0 Å². The van der Waals surface area contributed by atoms with Gasteiger partial charge in [0.2, 0.25) is 11.8 Å². The molecule has 3 saturated heterocycles. The van der Waals surface area contributed by atoms with Crippen LogP contribution >= 0.6 is 34.7 Å². The molecular weight excluding hydrogens is 540 g/mol. The number of fused-ring (bicyclic) bond motifs is 1. The number of carbonyl (C=O) groups is 2. The van der Waals surface area contributed by atoms with E-state index in [1.807, 2.05) is 16.7 Å². The van der Waals surface area contributed by atoms with Crippen LogP contribution in [0.5, 0.6) is 0 Å². The molecule has 0 aliphatic carbocycles. The number of hydrogen-bond acceptors (Lipinski definition) is 7. The molecule has 0 saturated carbocycles. The number of carbonyl (C=O) groups excluding carboxylic acids is 2. The maximum atomic E-state index is 13.2. The van der Waals surface area contributed by atoms with Crippen LogP contribution in [0.25, 0.3) is 10.1 Å². The van der Waals surface area contributed by atoms with Gasteiger partial charge in [-0.05, 0) is 55.3 Å². The molecule has 0 radical (unpaired) electrons. The summed E-state index contributed by atoms with van der Waals surface area (Å²) in [7, 11) is -3.88. The molecule has 2 amide bonds. The van der Waals surface area contributed by atoms with Gasteiger partial charge in [-0.2, -0.15) is 16.5 Å². The van der Waals surface area contributed by atoms with Gasteiger partial charge in [0, 0.05) is 60.0 Å². The largest absolute Gasteiger partial charge is 0.337 e. The van der Waals surface area contributed by atoms with Gasteiger partial charge >= 0.3 is 0 Å². The van der Waals surface area contributed by atoms with Crippen LogP contribution in [0, 0.1) is 0 Å². The first-order chi connectivity index (χ1) is 17.3. The molecule has 2 aromatic rings. The molecule has 0 bridgehead atoms. The highest BCUT2D eigenvalue weighted by Gasteiger charge is 2.36. The highest BCUT2D eigenvalue weighted by atomic mass is 35.5. The Bertz CT molecular complexity index is 1230. The second-order valence-electron chi connectivity index (χ2n) is 9.62. The molecule has 0 spiro atoms. The SMILES string of the molecule is O=C1[C@@H](NS(=O)(=O)c2cc3cc(Cl)ccc3s2)CCCN1CC(=O)N1CCC[C@H]1CN1CCSCC1. The fourth-order valence-electron chi connectivity index (χ4n) is 5.26. The number of benzene rings is 1. The van der Waals surface area contributed by atoms with Crippen LogP contribution in [0.4, 0.5) is 0 Å². The number of nitrogens with one attached hydrogen (secondary N) is 1. The van der Waals surface area contributed by atoms with E-state index in [1.165, 1.54) is 4.90 Å². The number of halogens is 1. The Morgan fingerprint density at radius 2 is 1.86 bits per heavy atom. The average molecular weight is 571 g/mol. The van der Waals surface area contributed by atoms with Crippen LogP contribution in [-0.2, 0) is 19.6 Å². The Labute approximate surface area is 225 Å². The van der Waals surface area contributed by atoms with Gasteiger partial charge in [-0.15, -0.1) is 11.3 Å². The smallest absolute Gasteiger partial charge is 0.250 e. The highest BCUT2D eigenvalue weighted by molar-refractivity contribution is 7.99. The van der Waals surface area contributed by atoms with Crippen molar-refractivity contribution in [3.63, 3.8) is 0 Å². The van der Waals surface area contributed by atoms with E-state index in [-0.39, 0.29) is 28.6 Å². The molecule has 36 heavy (non-hydrogen) atoms. The van der Waals surface area contributed by atoms with Crippen LogP contribution in [0.2, 0.25) is 5.02 Å². The van der Waals surface area contributed by atoms with Crippen LogP contribution < -0.4 is 4.72 Å². The van der Waals surface area contributed by atoms with Crippen molar-refractivity contribution in [2.45, 2.75) is 42.0 Å². The van der Waals surface area contributed by atoms with Gasteiger partial charge in [0.05, 0.1) is 6.54 Å². The van der Waals surface area contributed by atoms with Crippen molar-refractivity contribution in [2.24, 2.45) is 0 Å². The first-order valence-electron chi connectivity index (χ1n) is 12.4. The summed E-state index contributed by atoms with van der Waals surface area (Å²) in [5.74, 6) is 1.90. The van der Waals surface area contributed by atoms with E-state index in [1.54, 1.807) is 24.3 Å². The Balaban J connectivity index is 1.21. The maximum absolute atomic E-state index is 13.2. The van der Waals surface area contributed by atoms with Crippen LogP contribution in [0.15, 0.2) is 28.5 Å². The summed E-state index contributed by atoms with van der Waals surface area (Å²) in [6, 6.07) is 6.14. The van der Waals surface area contributed by atoms with Crippen LogP contribution in [0.3, 0.4) is 0 Å². The fourth-order valence-corrected chi connectivity index (χ4v) is 9.04. The van der Waals surface area contributed by atoms with Gasteiger partial charge in [0.25, 0.3) is 10.0 Å². The standard InChI is InChI=1S/C24H31ClN4O4S3/c25-18-5-6-21-17(13-18)14-23(35-21)36(32,33)26-20-4-2-7-28(24(20)31)16-22(30)29-8-1-3-19(29)15-27-9-11-34-12-10-27/h5-6,13-14,19-20,26H,1-4,7-12,15-16H2/t19-,20-/m0/s1. The molecule has 12 heteroatoms. The van der Waals surface area contributed by atoms with E-state index >= 15 is 0 Å². The summed E-state index contributed by atoms with van der Waals surface area (Å²) < 4.78 is 29.7. The number of hydrogen-bond donors (Lipinski definition) is 1. The minimum Gasteiger partial charge on any atom is -0.337 e. The highest BCUT2D eigenvalue weighted by Crippen LogP contribution is 2.31. The number of likely N-dealkylation sites (tertiary alicyclic amines) is 2. The van der Waals surface area contributed by atoms with Crippen molar-refractivity contribution in [1.82, 2.24) is 19.4 Å². The molecule has 1 aromatic carbocycles. The molecule has 196 valence electrons. The second kappa shape index (κ2) is 11.2. The molecule has 3 aliphatic heterocycles. The van der Waals surface area contributed by atoms with Crippen molar-refractivity contribution in [3.8, 4) is 0 Å². The van der Waals surface area contributed by atoms with Crippen molar-refractivity contribution in [3.05, 3.63) is 29.3 Å². The van der Waals surface area contributed by atoms with E-state index in [2.05, 4.69) is 9.62 Å². The minimum absolute atomic E-state index is 0.00476. The number of thiophene rings is 1. The molecule has 1 N–H and O–H groups in total. The average Bonchev–Trinajstić information content (AvgIpc) is 3.49. The Hall–Kier alpha value is -1.37. The van der Waals surface area contributed by atoms with E-state index in [0.717, 1.165) is 71.9 Å². The molecule has 2 atom stereocenters.